The number of methoxy groups -OCH3 is 1. The Morgan fingerprint density at radius 2 is 1.58 bits per heavy atom. The van der Waals surface area contributed by atoms with Crippen LogP contribution in [0, 0.1) is 6.92 Å². The molecule has 0 heterocycles. The molecule has 0 aromatic heterocycles. The van der Waals surface area contributed by atoms with Crippen LogP contribution in [0.2, 0.25) is 5.02 Å². The van der Waals surface area contributed by atoms with E-state index in [0.717, 1.165) is 15.4 Å². The van der Waals surface area contributed by atoms with Crippen molar-refractivity contribution in [2.45, 2.75) is 38.3 Å². The standard InChI is InChI=1S/C28H32ClN3O5S/c1-5-30-28(34)21(3)31(18-22-8-10-23(29)11-9-22)27(33)19-32(24-12-6-20(2)7-13-24)38(35,36)26-16-14-25(37-4)15-17-26/h6-17,21H,5,18-19H2,1-4H3,(H,30,34). The number of sulfonamides is 1. The molecule has 3 rings (SSSR count). The van der Waals surface area contributed by atoms with E-state index in [2.05, 4.69) is 5.32 Å². The normalized spacial score (nSPS) is 11.9. The van der Waals surface area contributed by atoms with Gasteiger partial charge in [-0.05, 0) is 74.9 Å². The Bertz CT molecular complexity index is 1340. The van der Waals surface area contributed by atoms with Crippen molar-refractivity contribution >= 4 is 39.1 Å². The molecule has 0 spiro atoms. The summed E-state index contributed by atoms with van der Waals surface area (Å²) in [5, 5.41) is 3.28. The predicted octanol–water partition coefficient (Wildman–Crippen LogP) is 4.41. The second-order valence-corrected chi connectivity index (χ2v) is 11.0. The van der Waals surface area contributed by atoms with Crippen LogP contribution < -0.4 is 14.4 Å². The molecule has 10 heteroatoms. The fourth-order valence-electron chi connectivity index (χ4n) is 3.81. The number of aryl methyl sites for hydroxylation is 1. The minimum absolute atomic E-state index is 0.00713. The van der Waals surface area contributed by atoms with Crippen LogP contribution in [-0.2, 0) is 26.2 Å². The third kappa shape index (κ3) is 7.05. The van der Waals surface area contributed by atoms with Crippen LogP contribution in [0.1, 0.15) is 25.0 Å². The van der Waals surface area contributed by atoms with Gasteiger partial charge in [-0.25, -0.2) is 8.42 Å². The monoisotopic (exact) mass is 557 g/mol. The van der Waals surface area contributed by atoms with E-state index in [4.69, 9.17) is 16.3 Å². The second kappa shape index (κ2) is 12.8. The van der Waals surface area contributed by atoms with Crippen LogP contribution in [0.3, 0.4) is 0 Å². The number of benzene rings is 3. The average Bonchev–Trinajstić information content (AvgIpc) is 2.91. The lowest BCUT2D eigenvalue weighted by molar-refractivity contribution is -0.139. The van der Waals surface area contributed by atoms with E-state index in [9.17, 15) is 18.0 Å². The Kier molecular flexibility index (Phi) is 9.77. The third-order valence-electron chi connectivity index (χ3n) is 6.03. The van der Waals surface area contributed by atoms with Crippen LogP contribution in [0.4, 0.5) is 5.69 Å². The molecule has 3 aromatic rings. The molecule has 0 saturated carbocycles. The molecule has 8 nitrogen and oxygen atoms in total. The molecule has 0 bridgehead atoms. The van der Waals surface area contributed by atoms with Crippen LogP contribution in [0.25, 0.3) is 0 Å². The van der Waals surface area contributed by atoms with E-state index >= 15 is 0 Å². The molecule has 38 heavy (non-hydrogen) atoms. The molecule has 0 fully saturated rings. The van der Waals surface area contributed by atoms with Crippen molar-refractivity contribution < 1.29 is 22.7 Å². The quantitative estimate of drug-likeness (QED) is 0.377. The first-order chi connectivity index (χ1) is 18.1. The highest BCUT2D eigenvalue weighted by Crippen LogP contribution is 2.26. The van der Waals surface area contributed by atoms with Crippen molar-refractivity contribution in [2.24, 2.45) is 0 Å². The van der Waals surface area contributed by atoms with Crippen LogP contribution in [0.5, 0.6) is 5.75 Å². The highest BCUT2D eigenvalue weighted by Gasteiger charge is 2.32. The Balaban J connectivity index is 2.01. The summed E-state index contributed by atoms with van der Waals surface area (Å²) in [5.74, 6) is -0.363. The predicted molar refractivity (Wildman–Crippen MR) is 149 cm³/mol. The highest BCUT2D eigenvalue weighted by molar-refractivity contribution is 7.92. The molecule has 0 aliphatic heterocycles. The maximum atomic E-state index is 13.8. The molecule has 2 amide bonds. The average molecular weight is 558 g/mol. The number of hydrogen-bond acceptors (Lipinski definition) is 5. The maximum Gasteiger partial charge on any atom is 0.264 e. The zero-order valence-electron chi connectivity index (χ0n) is 21.8. The summed E-state index contributed by atoms with van der Waals surface area (Å²) in [5.41, 5.74) is 2.02. The van der Waals surface area contributed by atoms with Gasteiger partial charge in [0.1, 0.15) is 18.3 Å². The number of halogens is 1. The summed E-state index contributed by atoms with van der Waals surface area (Å²) in [6.45, 7) is 5.28. The van der Waals surface area contributed by atoms with Crippen molar-refractivity contribution in [3.63, 3.8) is 0 Å². The van der Waals surface area contributed by atoms with Gasteiger partial charge < -0.3 is 15.0 Å². The summed E-state index contributed by atoms with van der Waals surface area (Å²) in [4.78, 5) is 27.9. The lowest BCUT2D eigenvalue weighted by Crippen LogP contribution is -2.51. The minimum Gasteiger partial charge on any atom is -0.497 e. The lowest BCUT2D eigenvalue weighted by atomic mass is 10.1. The van der Waals surface area contributed by atoms with Crippen molar-refractivity contribution in [2.75, 3.05) is 24.5 Å². The van der Waals surface area contributed by atoms with Gasteiger partial charge in [0, 0.05) is 18.1 Å². The molecule has 1 unspecified atom stereocenters. The topological polar surface area (TPSA) is 96.0 Å². The van der Waals surface area contributed by atoms with E-state index < -0.39 is 28.5 Å². The van der Waals surface area contributed by atoms with Gasteiger partial charge >= 0.3 is 0 Å². The van der Waals surface area contributed by atoms with Crippen molar-refractivity contribution in [1.29, 1.82) is 0 Å². The van der Waals surface area contributed by atoms with Crippen molar-refractivity contribution in [1.82, 2.24) is 10.2 Å². The molecule has 0 aliphatic rings. The molecule has 1 atom stereocenters. The van der Waals surface area contributed by atoms with E-state index in [-0.39, 0.29) is 17.3 Å². The number of rotatable bonds is 11. The fourth-order valence-corrected chi connectivity index (χ4v) is 5.35. The summed E-state index contributed by atoms with van der Waals surface area (Å²) < 4.78 is 33.8. The number of likely N-dealkylation sites (N-methyl/N-ethyl adjacent to an activating group) is 1. The summed E-state index contributed by atoms with van der Waals surface area (Å²) in [6.07, 6.45) is 0. The van der Waals surface area contributed by atoms with Crippen LogP contribution >= 0.6 is 11.6 Å². The molecule has 0 aliphatic carbocycles. The number of carbonyl (C=O) groups is 2. The molecule has 0 radical (unpaired) electrons. The van der Waals surface area contributed by atoms with E-state index in [0.29, 0.717) is 23.0 Å². The second-order valence-electron chi connectivity index (χ2n) is 8.74. The number of ether oxygens (including phenoxy) is 1. The van der Waals surface area contributed by atoms with E-state index in [1.807, 2.05) is 6.92 Å². The van der Waals surface area contributed by atoms with Gasteiger partial charge in [0.15, 0.2) is 0 Å². The Hall–Kier alpha value is -3.56. The van der Waals surface area contributed by atoms with Gasteiger partial charge in [-0.2, -0.15) is 0 Å². The van der Waals surface area contributed by atoms with Gasteiger partial charge in [0.05, 0.1) is 17.7 Å². The molecule has 202 valence electrons. The Labute approximate surface area is 229 Å². The number of anilines is 1. The van der Waals surface area contributed by atoms with Gasteiger partial charge in [-0.3, -0.25) is 13.9 Å². The smallest absolute Gasteiger partial charge is 0.264 e. The Morgan fingerprint density at radius 3 is 2.13 bits per heavy atom. The minimum atomic E-state index is -4.14. The first kappa shape index (κ1) is 29.0. The van der Waals surface area contributed by atoms with E-state index in [1.165, 1.54) is 24.1 Å². The first-order valence-corrected chi connectivity index (χ1v) is 13.9. The lowest BCUT2D eigenvalue weighted by Gasteiger charge is -2.32. The molecular formula is C28H32ClN3O5S. The highest BCUT2D eigenvalue weighted by atomic mass is 35.5. The zero-order valence-corrected chi connectivity index (χ0v) is 23.4. The van der Waals surface area contributed by atoms with Crippen LogP contribution in [-0.4, -0.2) is 51.4 Å². The molecule has 3 aromatic carbocycles. The first-order valence-electron chi connectivity index (χ1n) is 12.1. The van der Waals surface area contributed by atoms with Gasteiger partial charge in [0.2, 0.25) is 11.8 Å². The van der Waals surface area contributed by atoms with Gasteiger partial charge in [-0.1, -0.05) is 41.4 Å². The third-order valence-corrected chi connectivity index (χ3v) is 8.07. The molecule has 1 N–H and O–H groups in total. The maximum absolute atomic E-state index is 13.8. The SMILES string of the molecule is CCNC(=O)C(C)N(Cc1ccc(Cl)cc1)C(=O)CN(c1ccc(C)cc1)S(=O)(=O)c1ccc(OC)cc1. The summed E-state index contributed by atoms with van der Waals surface area (Å²) >= 11 is 6.01. The fraction of sp³-hybridized carbons (Fsp3) is 0.286. The summed E-state index contributed by atoms with van der Waals surface area (Å²) in [6, 6.07) is 18.9. The largest absolute Gasteiger partial charge is 0.497 e. The number of nitrogens with zero attached hydrogens (tertiary/aromatic N) is 2. The van der Waals surface area contributed by atoms with Gasteiger partial charge in [0.25, 0.3) is 10.0 Å². The van der Waals surface area contributed by atoms with E-state index in [1.54, 1.807) is 74.5 Å². The van der Waals surface area contributed by atoms with Crippen LogP contribution in [0.15, 0.2) is 77.7 Å². The number of nitrogens with one attached hydrogen (secondary N) is 1. The molecular weight excluding hydrogens is 526 g/mol. The van der Waals surface area contributed by atoms with Gasteiger partial charge in [-0.15, -0.1) is 0 Å². The summed E-state index contributed by atoms with van der Waals surface area (Å²) in [7, 11) is -2.65. The number of carbonyl (C=O) groups excluding carboxylic acids is 2. The Morgan fingerprint density at radius 1 is 0.974 bits per heavy atom. The zero-order chi connectivity index (χ0) is 27.9. The van der Waals surface area contributed by atoms with Crippen molar-refractivity contribution in [3.05, 3.63) is 88.9 Å². The van der Waals surface area contributed by atoms with Crippen molar-refractivity contribution in [3.8, 4) is 5.75 Å². The molecule has 0 saturated heterocycles. The number of amides is 2. The number of hydrogen-bond donors (Lipinski definition) is 1.